The molecular weight excluding hydrogens is 338 g/mol. The number of nitrogens with one attached hydrogen (secondary N) is 2. The van der Waals surface area contributed by atoms with Crippen molar-refractivity contribution in [3.05, 3.63) is 27.6 Å². The summed E-state index contributed by atoms with van der Waals surface area (Å²) in [4.78, 5) is 19.2. The first-order valence-corrected chi connectivity index (χ1v) is 9.46. The van der Waals surface area contributed by atoms with Crippen LogP contribution in [0.2, 0.25) is 0 Å². The molecule has 2 N–H and O–H groups in total. The van der Waals surface area contributed by atoms with Crippen molar-refractivity contribution in [2.24, 2.45) is 5.92 Å². The number of anilines is 1. The van der Waals surface area contributed by atoms with Crippen molar-refractivity contribution >= 4 is 49.8 Å². The maximum atomic E-state index is 11.9. The van der Waals surface area contributed by atoms with Gasteiger partial charge in [0.25, 0.3) is 5.56 Å². The quantitative estimate of drug-likeness (QED) is 0.662. The minimum atomic E-state index is -0.0767. The van der Waals surface area contributed by atoms with Crippen LogP contribution < -0.4 is 10.9 Å². The van der Waals surface area contributed by atoms with Crippen LogP contribution in [-0.2, 0) is 5.75 Å². The van der Waals surface area contributed by atoms with Crippen LogP contribution in [0.1, 0.15) is 19.7 Å². The predicted octanol–water partition coefficient (Wildman–Crippen LogP) is 3.20. The van der Waals surface area contributed by atoms with Crippen molar-refractivity contribution in [2.45, 2.75) is 23.9 Å². The molecule has 116 valence electrons. The first-order chi connectivity index (χ1) is 10.6. The van der Waals surface area contributed by atoms with Gasteiger partial charge < -0.3 is 10.3 Å². The lowest BCUT2D eigenvalue weighted by molar-refractivity contribution is 0.687. The van der Waals surface area contributed by atoms with Gasteiger partial charge in [0, 0.05) is 6.54 Å². The van der Waals surface area contributed by atoms with Gasteiger partial charge >= 0.3 is 0 Å². The van der Waals surface area contributed by atoms with E-state index >= 15 is 0 Å². The Balaban J connectivity index is 1.65. The third kappa shape index (κ3) is 3.65. The Kier molecular flexibility index (Phi) is 4.74. The highest BCUT2D eigenvalue weighted by atomic mass is 32.2. The molecule has 0 amide bonds. The molecule has 3 aromatic rings. The van der Waals surface area contributed by atoms with E-state index in [0.717, 1.165) is 21.5 Å². The molecular formula is C13H15N5OS3. The monoisotopic (exact) mass is 353 g/mol. The number of aromatic amines is 1. The van der Waals surface area contributed by atoms with Crippen LogP contribution in [0.25, 0.3) is 10.2 Å². The fourth-order valence-electron chi connectivity index (χ4n) is 1.75. The molecule has 9 heteroatoms. The molecule has 3 rings (SSSR count). The van der Waals surface area contributed by atoms with Crippen molar-refractivity contribution in [1.82, 2.24) is 20.2 Å². The SMILES string of the molecule is CC(C)CNc1nnc(SCc2nc3ccsc3c(=O)[nH]2)s1. The molecule has 0 atom stereocenters. The molecule has 0 aromatic carbocycles. The van der Waals surface area contributed by atoms with E-state index < -0.39 is 0 Å². The molecule has 0 aliphatic carbocycles. The molecule has 0 saturated heterocycles. The minimum absolute atomic E-state index is 0.0767. The molecule has 0 spiro atoms. The molecule has 0 saturated carbocycles. The second kappa shape index (κ2) is 6.76. The van der Waals surface area contributed by atoms with Crippen molar-refractivity contribution < 1.29 is 0 Å². The number of hydrogen-bond acceptors (Lipinski definition) is 8. The van der Waals surface area contributed by atoms with Crippen molar-refractivity contribution in [2.75, 3.05) is 11.9 Å². The maximum Gasteiger partial charge on any atom is 0.268 e. The molecule has 6 nitrogen and oxygen atoms in total. The maximum absolute atomic E-state index is 11.9. The van der Waals surface area contributed by atoms with Gasteiger partial charge in [0.1, 0.15) is 10.5 Å². The lowest BCUT2D eigenvalue weighted by atomic mass is 10.2. The lowest BCUT2D eigenvalue weighted by Crippen LogP contribution is -2.09. The third-order valence-electron chi connectivity index (χ3n) is 2.76. The number of aromatic nitrogens is 4. The summed E-state index contributed by atoms with van der Waals surface area (Å²) < 4.78 is 1.53. The fourth-order valence-corrected chi connectivity index (χ4v) is 4.11. The fraction of sp³-hybridized carbons (Fsp3) is 0.385. The molecule has 0 aliphatic rings. The van der Waals surface area contributed by atoms with E-state index in [4.69, 9.17) is 0 Å². The minimum Gasteiger partial charge on any atom is -0.360 e. The van der Waals surface area contributed by atoms with Crippen LogP contribution in [-0.4, -0.2) is 26.7 Å². The zero-order chi connectivity index (χ0) is 15.5. The van der Waals surface area contributed by atoms with Gasteiger partial charge in [-0.15, -0.1) is 21.5 Å². The van der Waals surface area contributed by atoms with Gasteiger partial charge in [0.05, 0.1) is 11.3 Å². The van der Waals surface area contributed by atoms with E-state index in [1.165, 1.54) is 34.4 Å². The smallest absolute Gasteiger partial charge is 0.268 e. The summed E-state index contributed by atoms with van der Waals surface area (Å²) in [5.74, 6) is 1.79. The largest absolute Gasteiger partial charge is 0.360 e. The van der Waals surface area contributed by atoms with Crippen molar-refractivity contribution in [3.63, 3.8) is 0 Å². The molecule has 0 aliphatic heterocycles. The number of H-pyrrole nitrogens is 1. The summed E-state index contributed by atoms with van der Waals surface area (Å²) in [6.07, 6.45) is 0. The Bertz CT molecular complexity index is 822. The topological polar surface area (TPSA) is 83.6 Å². The molecule has 0 unspecified atom stereocenters. The Morgan fingerprint density at radius 1 is 1.41 bits per heavy atom. The van der Waals surface area contributed by atoms with Crippen LogP contribution in [0.15, 0.2) is 20.6 Å². The van der Waals surface area contributed by atoms with E-state index in [1.54, 1.807) is 0 Å². The first kappa shape index (κ1) is 15.4. The van der Waals surface area contributed by atoms with E-state index in [2.05, 4.69) is 39.3 Å². The zero-order valence-electron chi connectivity index (χ0n) is 12.1. The zero-order valence-corrected chi connectivity index (χ0v) is 14.6. The summed E-state index contributed by atoms with van der Waals surface area (Å²) in [6.45, 7) is 5.17. The number of hydrogen-bond donors (Lipinski definition) is 2. The number of fused-ring (bicyclic) bond motifs is 1. The second-order valence-corrected chi connectivity index (χ2v) is 8.20. The van der Waals surface area contributed by atoms with E-state index in [9.17, 15) is 4.79 Å². The molecule has 0 bridgehead atoms. The normalized spacial score (nSPS) is 11.4. The van der Waals surface area contributed by atoms with Gasteiger partial charge in [-0.05, 0) is 17.4 Å². The van der Waals surface area contributed by atoms with Gasteiger partial charge in [-0.1, -0.05) is 36.9 Å². The van der Waals surface area contributed by atoms with E-state index in [-0.39, 0.29) is 5.56 Å². The second-order valence-electron chi connectivity index (χ2n) is 5.08. The average molecular weight is 353 g/mol. The van der Waals surface area contributed by atoms with Gasteiger partial charge in [-0.25, -0.2) is 4.98 Å². The molecule has 3 heterocycles. The average Bonchev–Trinajstić information content (AvgIpc) is 3.12. The highest BCUT2D eigenvalue weighted by molar-refractivity contribution is 8.00. The van der Waals surface area contributed by atoms with Crippen LogP contribution in [0.4, 0.5) is 5.13 Å². The van der Waals surface area contributed by atoms with Gasteiger partial charge in [-0.2, -0.15) is 0 Å². The highest BCUT2D eigenvalue weighted by Crippen LogP contribution is 2.27. The summed E-state index contributed by atoms with van der Waals surface area (Å²) in [6, 6.07) is 1.86. The van der Waals surface area contributed by atoms with Crippen LogP contribution in [0.3, 0.4) is 0 Å². The molecule has 0 radical (unpaired) electrons. The number of thioether (sulfide) groups is 1. The number of thiophene rings is 1. The predicted molar refractivity (Wildman–Crippen MR) is 93.0 cm³/mol. The summed E-state index contributed by atoms with van der Waals surface area (Å²) in [5.41, 5.74) is 0.674. The number of nitrogens with zero attached hydrogens (tertiary/aromatic N) is 3. The van der Waals surface area contributed by atoms with Crippen LogP contribution in [0.5, 0.6) is 0 Å². The summed E-state index contributed by atoms with van der Waals surface area (Å²) >= 11 is 4.45. The van der Waals surface area contributed by atoms with Crippen molar-refractivity contribution in [1.29, 1.82) is 0 Å². The Morgan fingerprint density at radius 3 is 3.09 bits per heavy atom. The Morgan fingerprint density at radius 2 is 2.27 bits per heavy atom. The van der Waals surface area contributed by atoms with Crippen LogP contribution >= 0.6 is 34.4 Å². The number of rotatable bonds is 6. The van der Waals surface area contributed by atoms with Gasteiger partial charge in [-0.3, -0.25) is 4.79 Å². The standard InChI is InChI=1S/C13H15N5OS3/c1-7(2)5-14-12-17-18-13(22-12)21-6-9-15-8-3-4-20-10(8)11(19)16-9/h3-4,7H,5-6H2,1-2H3,(H,14,17)(H,15,16,19). The molecule has 0 fully saturated rings. The van der Waals surface area contributed by atoms with Gasteiger partial charge in [0.2, 0.25) is 5.13 Å². The Labute approximate surface area is 139 Å². The van der Waals surface area contributed by atoms with Crippen LogP contribution in [0, 0.1) is 5.92 Å². The van der Waals surface area contributed by atoms with Gasteiger partial charge in [0.15, 0.2) is 4.34 Å². The first-order valence-electron chi connectivity index (χ1n) is 6.78. The lowest BCUT2D eigenvalue weighted by Gasteiger charge is -2.03. The van der Waals surface area contributed by atoms with Crippen molar-refractivity contribution in [3.8, 4) is 0 Å². The summed E-state index contributed by atoms with van der Waals surface area (Å²) in [7, 11) is 0. The third-order valence-corrected chi connectivity index (χ3v) is 5.69. The summed E-state index contributed by atoms with van der Waals surface area (Å²) in [5, 5.41) is 14.2. The highest BCUT2D eigenvalue weighted by Gasteiger charge is 2.08. The van der Waals surface area contributed by atoms with E-state index in [1.807, 2.05) is 11.4 Å². The molecule has 3 aromatic heterocycles. The molecule has 22 heavy (non-hydrogen) atoms. The Hall–Kier alpha value is -1.45. The van der Waals surface area contributed by atoms with E-state index in [0.29, 0.717) is 22.2 Å².